The van der Waals surface area contributed by atoms with Crippen molar-refractivity contribution in [1.82, 2.24) is 10.7 Å². The minimum absolute atomic E-state index is 0.0500. The van der Waals surface area contributed by atoms with Crippen LogP contribution in [-0.2, 0) is 0 Å². The summed E-state index contributed by atoms with van der Waals surface area (Å²) in [6.45, 7) is 4.57. The number of ether oxygens (including phenoxy) is 1. The monoisotopic (exact) mass is 313 g/mol. The van der Waals surface area contributed by atoms with Gasteiger partial charge in [-0.25, -0.2) is 0 Å². The number of thiocarbonyl (C=S) groups is 1. The van der Waals surface area contributed by atoms with E-state index in [0.717, 1.165) is 0 Å². The maximum absolute atomic E-state index is 10.9. The maximum atomic E-state index is 10.9. The van der Waals surface area contributed by atoms with Gasteiger partial charge in [0.1, 0.15) is 0 Å². The lowest BCUT2D eigenvalue weighted by Crippen LogP contribution is -2.82. The minimum Gasteiger partial charge on any atom is -0.500 e. The first-order valence-corrected chi connectivity index (χ1v) is 6.67. The summed E-state index contributed by atoms with van der Waals surface area (Å²) in [6.07, 6.45) is 1.47. The lowest BCUT2D eigenvalue weighted by atomic mass is 10.2. The van der Waals surface area contributed by atoms with Gasteiger partial charge in [-0.2, -0.15) is 0 Å². The highest BCUT2D eigenvalue weighted by molar-refractivity contribution is 7.80. The fourth-order valence-corrected chi connectivity index (χ4v) is 1.69. The summed E-state index contributed by atoms with van der Waals surface area (Å²) in [5.41, 5.74) is 2.71. The van der Waals surface area contributed by atoms with Gasteiger partial charge < -0.3 is 15.2 Å². The number of hydrogen-bond acceptors (Lipinski definition) is 5. The molecule has 21 heavy (non-hydrogen) atoms. The molecule has 0 aliphatic heterocycles. The molecule has 0 radical (unpaired) electrons. The van der Waals surface area contributed by atoms with Gasteiger partial charge in [0.05, 0.1) is 17.1 Å². The summed E-state index contributed by atoms with van der Waals surface area (Å²) < 4.78 is 5.17. The molecule has 0 aliphatic rings. The van der Waals surface area contributed by atoms with Gasteiger partial charge in [0, 0.05) is 12.6 Å². The molecule has 4 N–H and O–H groups in total. The Morgan fingerprint density at radius 3 is 2.86 bits per heavy atom. The average molecular weight is 313 g/mol. The van der Waals surface area contributed by atoms with Gasteiger partial charge in [-0.1, -0.05) is 0 Å². The number of nitrogens with zero attached hydrogens (tertiary/aromatic N) is 1. The topological polar surface area (TPSA) is 111 Å². The molecule has 0 spiro atoms. The van der Waals surface area contributed by atoms with Crippen molar-refractivity contribution >= 4 is 29.2 Å². The third kappa shape index (κ3) is 4.88. The zero-order valence-corrected chi connectivity index (χ0v) is 12.5. The Morgan fingerprint density at radius 2 is 2.29 bits per heavy atom. The number of aromatic hydroxyl groups is 1. The van der Waals surface area contributed by atoms with Crippen LogP contribution in [0.5, 0.6) is 11.5 Å². The number of phenolic OH excluding ortho intramolecular Hbond substituents is 1. The van der Waals surface area contributed by atoms with Crippen LogP contribution in [-0.4, -0.2) is 34.5 Å². The number of rotatable bonds is 6. The van der Waals surface area contributed by atoms with E-state index in [0.29, 0.717) is 17.2 Å². The van der Waals surface area contributed by atoms with Crippen molar-refractivity contribution in [2.75, 3.05) is 13.2 Å². The van der Waals surface area contributed by atoms with Crippen molar-refractivity contribution in [3.05, 3.63) is 27.8 Å². The Hall–Kier alpha value is -2.42. The molecule has 0 bridgehead atoms. The van der Waals surface area contributed by atoms with Gasteiger partial charge in [0.15, 0.2) is 12.0 Å². The molecule has 0 unspecified atom stereocenters. The smallest absolute Gasteiger partial charge is 0.315 e. The van der Waals surface area contributed by atoms with Crippen molar-refractivity contribution < 1.29 is 19.9 Å². The van der Waals surface area contributed by atoms with E-state index in [2.05, 4.69) is 15.8 Å². The minimum atomic E-state index is -0.675. The van der Waals surface area contributed by atoms with E-state index >= 15 is 0 Å². The maximum Gasteiger partial charge on any atom is 0.315 e. The number of benzene rings is 1. The summed E-state index contributed by atoms with van der Waals surface area (Å²) in [5, 5.41) is 26.6. The molecule has 0 aromatic heterocycles. The SMILES string of the molecule is CCNC(=S)N/[NH+]=C/c1cc(OCC)c(O)c([N+](=O)[O-])c1. The van der Waals surface area contributed by atoms with Crippen LogP contribution in [0.25, 0.3) is 0 Å². The Labute approximate surface area is 127 Å². The van der Waals surface area contributed by atoms with Crippen LogP contribution in [0.1, 0.15) is 19.4 Å². The number of phenols is 1. The molecular formula is C12H17N4O4S+. The van der Waals surface area contributed by atoms with E-state index in [1.807, 2.05) is 6.92 Å². The summed E-state index contributed by atoms with van der Waals surface area (Å²) in [6, 6.07) is 2.71. The summed E-state index contributed by atoms with van der Waals surface area (Å²) in [5.74, 6) is -0.441. The molecule has 0 atom stereocenters. The number of nitro benzene ring substituents is 1. The van der Waals surface area contributed by atoms with Crippen LogP contribution in [0.4, 0.5) is 5.69 Å². The molecule has 0 heterocycles. The van der Waals surface area contributed by atoms with E-state index in [9.17, 15) is 15.2 Å². The lowest BCUT2D eigenvalue weighted by molar-refractivity contribution is -0.500. The largest absolute Gasteiger partial charge is 0.500 e. The number of nitrogens with one attached hydrogen (secondary N) is 3. The fourth-order valence-electron chi connectivity index (χ4n) is 1.49. The second-order valence-corrected chi connectivity index (χ2v) is 4.26. The van der Waals surface area contributed by atoms with Crippen LogP contribution >= 0.6 is 12.2 Å². The third-order valence-electron chi connectivity index (χ3n) is 2.34. The van der Waals surface area contributed by atoms with Gasteiger partial charge in [0.2, 0.25) is 10.9 Å². The van der Waals surface area contributed by atoms with Crippen molar-refractivity contribution in [2.24, 2.45) is 0 Å². The van der Waals surface area contributed by atoms with Crippen LogP contribution in [0.3, 0.4) is 0 Å². The van der Waals surface area contributed by atoms with E-state index < -0.39 is 16.4 Å². The first-order chi connectivity index (χ1) is 9.99. The molecule has 1 rings (SSSR count). The Balaban J connectivity index is 2.99. The first kappa shape index (κ1) is 16.6. The van der Waals surface area contributed by atoms with Gasteiger partial charge in [0.25, 0.3) is 0 Å². The van der Waals surface area contributed by atoms with E-state index in [1.165, 1.54) is 18.3 Å². The molecule has 8 nitrogen and oxygen atoms in total. The van der Waals surface area contributed by atoms with Crippen molar-refractivity contribution in [3.8, 4) is 11.5 Å². The van der Waals surface area contributed by atoms with Gasteiger partial charge in [-0.15, -0.1) is 10.5 Å². The lowest BCUT2D eigenvalue weighted by Gasteiger charge is -2.06. The standard InChI is InChI=1S/C12H16N4O4S/c1-3-13-12(21)15-14-7-8-5-9(16(18)19)11(17)10(6-8)20-4-2/h5-7,17H,3-4H2,1-2H3,(H2,13,15,21)/p+1/b14-7+. The normalized spacial score (nSPS) is 10.4. The second-order valence-electron chi connectivity index (χ2n) is 3.85. The highest BCUT2D eigenvalue weighted by Crippen LogP contribution is 2.36. The fraction of sp³-hybridized carbons (Fsp3) is 0.333. The zero-order chi connectivity index (χ0) is 15.8. The van der Waals surface area contributed by atoms with Crippen LogP contribution in [0.2, 0.25) is 0 Å². The molecule has 0 amide bonds. The third-order valence-corrected chi connectivity index (χ3v) is 2.58. The zero-order valence-electron chi connectivity index (χ0n) is 11.7. The van der Waals surface area contributed by atoms with Crippen molar-refractivity contribution in [2.45, 2.75) is 13.8 Å². The summed E-state index contributed by atoms with van der Waals surface area (Å²) in [4.78, 5) is 10.2. The summed E-state index contributed by atoms with van der Waals surface area (Å²) >= 11 is 4.95. The highest BCUT2D eigenvalue weighted by Gasteiger charge is 2.20. The molecule has 0 saturated carbocycles. The molecule has 1 aromatic rings. The predicted molar refractivity (Wildman–Crippen MR) is 81.5 cm³/mol. The van der Waals surface area contributed by atoms with Crippen LogP contribution < -0.4 is 20.6 Å². The average Bonchev–Trinajstić information content (AvgIpc) is 2.42. The van der Waals surface area contributed by atoms with Gasteiger partial charge in [-0.05, 0) is 32.1 Å². The molecule has 0 aliphatic carbocycles. The van der Waals surface area contributed by atoms with Crippen molar-refractivity contribution in [1.29, 1.82) is 0 Å². The number of nitro groups is 1. The van der Waals surface area contributed by atoms with Gasteiger partial charge in [-0.3, -0.25) is 10.1 Å². The Bertz CT molecular complexity index is 562. The van der Waals surface area contributed by atoms with Gasteiger partial charge >= 0.3 is 5.69 Å². The van der Waals surface area contributed by atoms with Crippen molar-refractivity contribution in [3.63, 3.8) is 0 Å². The van der Waals surface area contributed by atoms with Crippen LogP contribution in [0, 0.1) is 10.1 Å². The molecule has 114 valence electrons. The predicted octanol–water partition coefficient (Wildman–Crippen LogP) is -0.402. The van der Waals surface area contributed by atoms with E-state index in [1.54, 1.807) is 6.92 Å². The first-order valence-electron chi connectivity index (χ1n) is 6.26. The molecule has 0 fully saturated rings. The molecular weight excluding hydrogens is 296 g/mol. The second kappa shape index (κ2) is 8.00. The quantitative estimate of drug-likeness (QED) is 0.245. The molecule has 1 aromatic carbocycles. The number of hydrogen-bond donors (Lipinski definition) is 4. The number of hydrazine groups is 1. The highest BCUT2D eigenvalue weighted by atomic mass is 32.1. The summed E-state index contributed by atoms with van der Waals surface area (Å²) in [7, 11) is 0. The van der Waals surface area contributed by atoms with E-state index in [-0.39, 0.29) is 12.4 Å². The Morgan fingerprint density at radius 1 is 1.57 bits per heavy atom. The Kier molecular flexibility index (Phi) is 6.34. The number of hydrazone groups is 1. The van der Waals surface area contributed by atoms with E-state index in [4.69, 9.17) is 17.0 Å². The van der Waals surface area contributed by atoms with Crippen LogP contribution in [0.15, 0.2) is 12.1 Å². The molecule has 0 saturated heterocycles. The molecule has 9 heteroatoms.